The van der Waals surface area contributed by atoms with Gasteiger partial charge in [0.15, 0.2) is 0 Å². The van der Waals surface area contributed by atoms with Crippen LogP contribution >= 0.6 is 0 Å². The number of rotatable bonds is 8. The maximum atomic E-state index is 12.0. The smallest absolute Gasteiger partial charge is 0.246 e. The summed E-state index contributed by atoms with van der Waals surface area (Å²) in [6, 6.07) is -1.13. The van der Waals surface area contributed by atoms with Crippen LogP contribution in [-0.4, -0.2) is 61.5 Å². The number of nitrogens with one attached hydrogen (secondary N) is 2. The van der Waals surface area contributed by atoms with Crippen molar-refractivity contribution >= 4 is 17.7 Å². The van der Waals surface area contributed by atoms with Gasteiger partial charge in [0.2, 0.25) is 17.7 Å². The van der Waals surface area contributed by atoms with E-state index in [1.54, 1.807) is 14.0 Å². The number of carbonyl (C=O) groups excluding carboxylic acids is 3. The molecule has 3 amide bonds. The van der Waals surface area contributed by atoms with Crippen molar-refractivity contribution in [1.29, 1.82) is 0 Å². The van der Waals surface area contributed by atoms with E-state index in [1.807, 2.05) is 6.92 Å². The molecule has 7 nitrogen and oxygen atoms in total. The van der Waals surface area contributed by atoms with Gasteiger partial charge in [0.25, 0.3) is 0 Å². The highest BCUT2D eigenvalue weighted by Crippen LogP contribution is 2.13. The van der Waals surface area contributed by atoms with Crippen LogP contribution in [0, 0.1) is 0 Å². The lowest BCUT2D eigenvalue weighted by Gasteiger charge is -2.18. The largest absolute Gasteiger partial charge is 0.383 e. The first-order valence-corrected chi connectivity index (χ1v) is 6.88. The maximum Gasteiger partial charge on any atom is 0.246 e. The number of carbonyl (C=O) groups is 3. The number of amides is 3. The summed E-state index contributed by atoms with van der Waals surface area (Å²) in [5.74, 6) is -0.633. The van der Waals surface area contributed by atoms with Crippen LogP contribution in [0.15, 0.2) is 0 Å². The average molecular weight is 285 g/mol. The molecule has 0 spiro atoms. The SMILES string of the molecule is CCCN1C(=O)CC(NC(C)C(=O)NCCOC)C1=O. The monoisotopic (exact) mass is 285 g/mol. The first-order chi connectivity index (χ1) is 9.51. The third kappa shape index (κ3) is 4.28. The van der Waals surface area contributed by atoms with E-state index >= 15 is 0 Å². The van der Waals surface area contributed by atoms with Crippen LogP contribution in [0.2, 0.25) is 0 Å². The molecule has 1 heterocycles. The Morgan fingerprint density at radius 3 is 2.80 bits per heavy atom. The van der Waals surface area contributed by atoms with Gasteiger partial charge in [0, 0.05) is 20.2 Å². The third-order valence-electron chi connectivity index (χ3n) is 3.14. The van der Waals surface area contributed by atoms with E-state index in [9.17, 15) is 14.4 Å². The predicted octanol–water partition coefficient (Wildman–Crippen LogP) is -0.735. The number of hydrogen-bond donors (Lipinski definition) is 2. The summed E-state index contributed by atoms with van der Waals surface area (Å²) in [5.41, 5.74) is 0. The van der Waals surface area contributed by atoms with Crippen molar-refractivity contribution in [3.63, 3.8) is 0 Å². The molecule has 0 aromatic carbocycles. The Hall–Kier alpha value is -1.47. The topological polar surface area (TPSA) is 87.7 Å². The maximum absolute atomic E-state index is 12.0. The molecule has 1 fully saturated rings. The molecule has 0 aliphatic carbocycles. The van der Waals surface area contributed by atoms with Crippen molar-refractivity contribution in [3.8, 4) is 0 Å². The molecule has 2 unspecified atom stereocenters. The Labute approximate surface area is 119 Å². The molecule has 1 rings (SSSR count). The van der Waals surface area contributed by atoms with Gasteiger partial charge in [0.1, 0.15) is 0 Å². The Morgan fingerprint density at radius 1 is 1.50 bits per heavy atom. The molecule has 0 aromatic heterocycles. The predicted molar refractivity (Wildman–Crippen MR) is 72.9 cm³/mol. The quantitative estimate of drug-likeness (QED) is 0.453. The fourth-order valence-electron chi connectivity index (χ4n) is 2.08. The van der Waals surface area contributed by atoms with E-state index in [-0.39, 0.29) is 24.1 Å². The van der Waals surface area contributed by atoms with Crippen LogP contribution in [-0.2, 0) is 19.1 Å². The van der Waals surface area contributed by atoms with Crippen LogP contribution < -0.4 is 10.6 Å². The van der Waals surface area contributed by atoms with Crippen molar-refractivity contribution in [2.24, 2.45) is 0 Å². The number of hydrogen-bond acceptors (Lipinski definition) is 5. The van der Waals surface area contributed by atoms with Crippen LogP contribution in [0.4, 0.5) is 0 Å². The van der Waals surface area contributed by atoms with Crippen molar-refractivity contribution in [3.05, 3.63) is 0 Å². The Kier molecular flexibility index (Phi) is 6.60. The number of likely N-dealkylation sites (tertiary alicyclic amines) is 1. The van der Waals surface area contributed by atoms with E-state index < -0.39 is 12.1 Å². The number of nitrogens with zero attached hydrogens (tertiary/aromatic N) is 1. The van der Waals surface area contributed by atoms with Gasteiger partial charge in [-0.1, -0.05) is 6.92 Å². The molecule has 1 aliphatic heterocycles. The van der Waals surface area contributed by atoms with E-state index in [0.29, 0.717) is 19.7 Å². The molecule has 20 heavy (non-hydrogen) atoms. The Bertz CT molecular complexity index is 373. The zero-order chi connectivity index (χ0) is 15.1. The number of ether oxygens (including phenoxy) is 1. The molecular weight excluding hydrogens is 262 g/mol. The Morgan fingerprint density at radius 2 is 2.20 bits per heavy atom. The van der Waals surface area contributed by atoms with E-state index in [2.05, 4.69) is 10.6 Å². The third-order valence-corrected chi connectivity index (χ3v) is 3.14. The second-order valence-corrected chi connectivity index (χ2v) is 4.81. The van der Waals surface area contributed by atoms with Gasteiger partial charge in [-0.3, -0.25) is 24.6 Å². The fraction of sp³-hybridized carbons (Fsp3) is 0.769. The lowest BCUT2D eigenvalue weighted by atomic mass is 10.2. The van der Waals surface area contributed by atoms with E-state index in [4.69, 9.17) is 4.74 Å². The van der Waals surface area contributed by atoms with Crippen LogP contribution in [0.5, 0.6) is 0 Å². The molecule has 1 aliphatic rings. The van der Waals surface area contributed by atoms with E-state index in [0.717, 1.165) is 6.42 Å². The molecule has 2 N–H and O–H groups in total. The molecule has 0 bridgehead atoms. The first-order valence-electron chi connectivity index (χ1n) is 6.88. The highest BCUT2D eigenvalue weighted by molar-refractivity contribution is 6.05. The zero-order valence-electron chi connectivity index (χ0n) is 12.3. The molecule has 0 saturated carbocycles. The zero-order valence-corrected chi connectivity index (χ0v) is 12.3. The summed E-state index contributed by atoms with van der Waals surface area (Å²) in [6.45, 7) is 4.87. The second kappa shape index (κ2) is 7.96. The molecule has 7 heteroatoms. The highest BCUT2D eigenvalue weighted by atomic mass is 16.5. The fourth-order valence-corrected chi connectivity index (χ4v) is 2.08. The summed E-state index contributed by atoms with van der Waals surface area (Å²) < 4.78 is 4.84. The normalized spacial score (nSPS) is 20.4. The lowest BCUT2D eigenvalue weighted by molar-refractivity contribution is -0.138. The lowest BCUT2D eigenvalue weighted by Crippen LogP contribution is -2.49. The minimum atomic E-state index is -0.600. The molecular formula is C13H23N3O4. The Balaban J connectivity index is 2.46. The van der Waals surface area contributed by atoms with Gasteiger partial charge in [-0.2, -0.15) is 0 Å². The second-order valence-electron chi connectivity index (χ2n) is 4.81. The molecule has 2 atom stereocenters. The van der Waals surface area contributed by atoms with Gasteiger partial charge in [0.05, 0.1) is 25.1 Å². The van der Waals surface area contributed by atoms with Crippen molar-refractivity contribution in [2.75, 3.05) is 26.8 Å². The number of methoxy groups -OCH3 is 1. The molecule has 0 aromatic rings. The summed E-state index contributed by atoms with van der Waals surface area (Å²) in [6.07, 6.45) is 0.853. The van der Waals surface area contributed by atoms with Gasteiger partial charge in [-0.05, 0) is 13.3 Å². The van der Waals surface area contributed by atoms with Gasteiger partial charge >= 0.3 is 0 Å². The summed E-state index contributed by atoms with van der Waals surface area (Å²) in [4.78, 5) is 36.7. The number of imide groups is 1. The van der Waals surface area contributed by atoms with Crippen molar-refractivity contribution in [2.45, 2.75) is 38.8 Å². The van der Waals surface area contributed by atoms with Crippen LogP contribution in [0.3, 0.4) is 0 Å². The van der Waals surface area contributed by atoms with Crippen LogP contribution in [0.25, 0.3) is 0 Å². The van der Waals surface area contributed by atoms with Crippen molar-refractivity contribution < 1.29 is 19.1 Å². The van der Waals surface area contributed by atoms with Crippen LogP contribution in [0.1, 0.15) is 26.7 Å². The van der Waals surface area contributed by atoms with E-state index in [1.165, 1.54) is 4.90 Å². The standard InChI is InChI=1S/C13H23N3O4/c1-4-6-16-11(17)8-10(13(16)19)15-9(2)12(18)14-5-7-20-3/h9-10,15H,4-8H2,1-3H3,(H,14,18). The highest BCUT2D eigenvalue weighted by Gasteiger charge is 2.38. The molecule has 114 valence electrons. The van der Waals surface area contributed by atoms with Gasteiger partial charge in [-0.25, -0.2) is 0 Å². The average Bonchev–Trinajstić information content (AvgIpc) is 2.67. The minimum absolute atomic E-state index is 0.120. The molecule has 1 saturated heterocycles. The minimum Gasteiger partial charge on any atom is -0.383 e. The van der Waals surface area contributed by atoms with Gasteiger partial charge in [-0.15, -0.1) is 0 Å². The molecule has 0 radical (unpaired) electrons. The van der Waals surface area contributed by atoms with Gasteiger partial charge < -0.3 is 10.1 Å². The summed E-state index contributed by atoms with van der Waals surface area (Å²) >= 11 is 0. The first kappa shape index (κ1) is 16.6. The van der Waals surface area contributed by atoms with Crippen molar-refractivity contribution in [1.82, 2.24) is 15.5 Å². The summed E-state index contributed by atoms with van der Waals surface area (Å²) in [5, 5.41) is 5.59. The summed E-state index contributed by atoms with van der Waals surface area (Å²) in [7, 11) is 1.55.